The van der Waals surface area contributed by atoms with E-state index in [1.807, 2.05) is 0 Å². The lowest BCUT2D eigenvalue weighted by atomic mass is 10.1. The molecule has 0 aliphatic rings. The zero-order chi connectivity index (χ0) is 25.5. The predicted octanol–water partition coefficient (Wildman–Crippen LogP) is 6.60. The second-order valence-corrected chi connectivity index (χ2v) is 7.74. The molecule has 0 saturated carbocycles. The SMILES string of the molecule is COC(=O)c1cc(Cl)n2c(-c3ccc(NC(=O)c4cccc(F)c4F)cc3)c(C(F)(F)F)cc2c1. The van der Waals surface area contributed by atoms with Crippen molar-refractivity contribution in [2.75, 3.05) is 12.4 Å². The van der Waals surface area contributed by atoms with Crippen molar-refractivity contribution in [3.63, 3.8) is 0 Å². The zero-order valence-corrected chi connectivity index (χ0v) is 18.5. The smallest absolute Gasteiger partial charge is 0.418 e. The van der Waals surface area contributed by atoms with Crippen LogP contribution < -0.4 is 5.32 Å². The van der Waals surface area contributed by atoms with Gasteiger partial charge in [0.2, 0.25) is 0 Å². The second-order valence-electron chi connectivity index (χ2n) is 7.36. The van der Waals surface area contributed by atoms with E-state index >= 15 is 0 Å². The molecule has 35 heavy (non-hydrogen) atoms. The number of carbonyl (C=O) groups excluding carboxylic acids is 2. The highest BCUT2D eigenvalue weighted by atomic mass is 35.5. The average molecular weight is 509 g/mol. The van der Waals surface area contributed by atoms with Crippen molar-refractivity contribution in [2.24, 2.45) is 0 Å². The Labute approximate surface area is 199 Å². The largest absolute Gasteiger partial charge is 0.465 e. The number of nitrogens with zero attached hydrogens (tertiary/aromatic N) is 1. The Balaban J connectivity index is 1.75. The highest BCUT2D eigenvalue weighted by Crippen LogP contribution is 2.41. The third kappa shape index (κ3) is 4.57. The fourth-order valence-electron chi connectivity index (χ4n) is 3.59. The van der Waals surface area contributed by atoms with E-state index < -0.39 is 40.8 Å². The molecule has 0 spiro atoms. The standard InChI is InChI=1S/C24H14ClF5N2O3/c1-35-23(34)13-9-15-11-17(24(28,29)30)21(32(15)19(25)10-13)12-5-7-14(8-6-12)31-22(33)16-3-2-4-18(26)20(16)27/h2-11H,1H3,(H,31,33). The first-order chi connectivity index (χ1) is 16.5. The summed E-state index contributed by atoms with van der Waals surface area (Å²) in [5, 5.41) is 2.21. The molecule has 0 radical (unpaired) electrons. The molecule has 2 aromatic heterocycles. The number of alkyl halides is 3. The van der Waals surface area contributed by atoms with Crippen molar-refractivity contribution in [3.8, 4) is 11.3 Å². The lowest BCUT2D eigenvalue weighted by Gasteiger charge is -2.13. The number of fused-ring (bicyclic) bond motifs is 1. The van der Waals surface area contributed by atoms with E-state index in [0.29, 0.717) is 0 Å². The molecule has 0 aliphatic heterocycles. The van der Waals surface area contributed by atoms with Crippen LogP contribution in [0.1, 0.15) is 26.3 Å². The number of benzene rings is 2. The Morgan fingerprint density at radius 2 is 1.69 bits per heavy atom. The van der Waals surface area contributed by atoms with Crippen LogP contribution in [0.4, 0.5) is 27.6 Å². The number of carbonyl (C=O) groups is 2. The molecule has 180 valence electrons. The fraction of sp³-hybridized carbons (Fsp3) is 0.0833. The molecule has 2 aromatic carbocycles. The van der Waals surface area contributed by atoms with Gasteiger partial charge in [-0.3, -0.25) is 9.20 Å². The molecule has 0 aliphatic carbocycles. The number of halogens is 6. The van der Waals surface area contributed by atoms with Crippen LogP contribution in [-0.4, -0.2) is 23.4 Å². The van der Waals surface area contributed by atoms with Crippen molar-refractivity contribution < 1.29 is 36.3 Å². The maximum atomic E-state index is 13.9. The minimum Gasteiger partial charge on any atom is -0.465 e. The van der Waals surface area contributed by atoms with Crippen LogP contribution in [0.2, 0.25) is 5.15 Å². The van der Waals surface area contributed by atoms with E-state index in [2.05, 4.69) is 10.1 Å². The number of rotatable bonds is 4. The number of nitrogens with one attached hydrogen (secondary N) is 1. The number of aromatic nitrogens is 1. The average Bonchev–Trinajstić information content (AvgIpc) is 3.21. The molecular weight excluding hydrogens is 495 g/mol. The van der Waals surface area contributed by atoms with Crippen molar-refractivity contribution in [3.05, 3.63) is 94.1 Å². The Hall–Kier alpha value is -3.92. The van der Waals surface area contributed by atoms with E-state index in [4.69, 9.17) is 11.6 Å². The second kappa shape index (κ2) is 9.03. The first-order valence-corrected chi connectivity index (χ1v) is 10.3. The molecule has 1 N–H and O–H groups in total. The first kappa shape index (κ1) is 24.2. The predicted molar refractivity (Wildman–Crippen MR) is 118 cm³/mol. The van der Waals surface area contributed by atoms with Gasteiger partial charge in [0.05, 0.1) is 29.5 Å². The Morgan fingerprint density at radius 3 is 2.31 bits per heavy atom. The summed E-state index contributed by atoms with van der Waals surface area (Å²) >= 11 is 6.24. The van der Waals surface area contributed by atoms with Gasteiger partial charge in [-0.05, 0) is 48.0 Å². The zero-order valence-electron chi connectivity index (χ0n) is 17.7. The molecule has 1 amide bonds. The summed E-state index contributed by atoms with van der Waals surface area (Å²) in [6.07, 6.45) is -4.75. The molecule has 0 bridgehead atoms. The summed E-state index contributed by atoms with van der Waals surface area (Å²) < 4.78 is 74.6. The molecule has 0 fully saturated rings. The summed E-state index contributed by atoms with van der Waals surface area (Å²) in [5.74, 6) is -4.21. The highest BCUT2D eigenvalue weighted by molar-refractivity contribution is 6.30. The summed E-state index contributed by atoms with van der Waals surface area (Å²) in [7, 11) is 1.13. The summed E-state index contributed by atoms with van der Waals surface area (Å²) in [6, 6.07) is 11.6. The number of amides is 1. The Morgan fingerprint density at radius 1 is 1.00 bits per heavy atom. The number of anilines is 1. The van der Waals surface area contributed by atoms with E-state index in [-0.39, 0.29) is 33.2 Å². The van der Waals surface area contributed by atoms with Crippen LogP contribution in [0, 0.1) is 11.6 Å². The molecule has 5 nitrogen and oxygen atoms in total. The van der Waals surface area contributed by atoms with Gasteiger partial charge in [-0.15, -0.1) is 0 Å². The lowest BCUT2D eigenvalue weighted by molar-refractivity contribution is -0.137. The number of hydrogen-bond acceptors (Lipinski definition) is 3. The van der Waals surface area contributed by atoms with Crippen LogP contribution in [0.3, 0.4) is 0 Å². The van der Waals surface area contributed by atoms with Crippen molar-refractivity contribution >= 4 is 34.7 Å². The molecule has 4 rings (SSSR count). The third-order valence-corrected chi connectivity index (χ3v) is 5.44. The molecule has 0 atom stereocenters. The van der Waals surface area contributed by atoms with Crippen LogP contribution >= 0.6 is 11.6 Å². The highest BCUT2D eigenvalue weighted by Gasteiger charge is 2.37. The maximum absolute atomic E-state index is 13.9. The number of esters is 1. The van der Waals surface area contributed by atoms with Crippen molar-refractivity contribution in [1.29, 1.82) is 0 Å². The molecule has 11 heteroatoms. The number of hydrogen-bond donors (Lipinski definition) is 1. The van der Waals surface area contributed by atoms with Gasteiger partial charge in [0.15, 0.2) is 11.6 Å². The molecule has 4 aromatic rings. The summed E-state index contributed by atoms with van der Waals surface area (Å²) in [5.41, 5.74) is -1.59. The van der Waals surface area contributed by atoms with Gasteiger partial charge in [-0.1, -0.05) is 29.8 Å². The number of methoxy groups -OCH3 is 1. The topological polar surface area (TPSA) is 59.8 Å². The van der Waals surface area contributed by atoms with E-state index in [1.54, 1.807) is 0 Å². The van der Waals surface area contributed by atoms with Crippen LogP contribution in [-0.2, 0) is 10.9 Å². The van der Waals surface area contributed by atoms with Gasteiger partial charge in [-0.25, -0.2) is 13.6 Å². The quantitative estimate of drug-likeness (QED) is 0.192. The van der Waals surface area contributed by atoms with Gasteiger partial charge in [0.25, 0.3) is 5.91 Å². The lowest BCUT2D eigenvalue weighted by Crippen LogP contribution is -2.14. The molecular formula is C24H14ClF5N2O3. The summed E-state index contributed by atoms with van der Waals surface area (Å²) in [6.45, 7) is 0. The van der Waals surface area contributed by atoms with Gasteiger partial charge < -0.3 is 10.1 Å². The van der Waals surface area contributed by atoms with E-state index in [0.717, 1.165) is 29.7 Å². The molecule has 2 heterocycles. The molecule has 0 saturated heterocycles. The van der Waals surface area contributed by atoms with Crippen molar-refractivity contribution in [2.45, 2.75) is 6.18 Å². The maximum Gasteiger partial charge on any atom is 0.418 e. The number of pyridine rings is 1. The Kier molecular flexibility index (Phi) is 6.25. The van der Waals surface area contributed by atoms with Crippen LogP contribution in [0.15, 0.2) is 60.7 Å². The Bertz CT molecular complexity index is 1460. The van der Waals surface area contributed by atoms with Gasteiger partial charge in [0.1, 0.15) is 5.15 Å². The minimum atomic E-state index is -4.75. The third-order valence-electron chi connectivity index (χ3n) is 5.16. The number of ether oxygens (including phenoxy) is 1. The molecule has 0 unspecified atom stereocenters. The fourth-order valence-corrected chi connectivity index (χ4v) is 3.89. The van der Waals surface area contributed by atoms with Crippen LogP contribution in [0.5, 0.6) is 0 Å². The normalized spacial score (nSPS) is 11.5. The van der Waals surface area contributed by atoms with Gasteiger partial charge in [0, 0.05) is 11.2 Å². The van der Waals surface area contributed by atoms with E-state index in [1.165, 1.54) is 42.5 Å². The minimum absolute atomic E-state index is 0.0131. The first-order valence-electron chi connectivity index (χ1n) is 9.87. The summed E-state index contributed by atoms with van der Waals surface area (Å²) in [4.78, 5) is 24.1. The van der Waals surface area contributed by atoms with Crippen molar-refractivity contribution in [1.82, 2.24) is 4.40 Å². The van der Waals surface area contributed by atoms with E-state index in [9.17, 15) is 31.5 Å². The monoisotopic (exact) mass is 508 g/mol. The van der Waals surface area contributed by atoms with Crippen LogP contribution in [0.25, 0.3) is 16.8 Å². The van der Waals surface area contributed by atoms with Gasteiger partial charge >= 0.3 is 12.1 Å². The van der Waals surface area contributed by atoms with Gasteiger partial charge in [-0.2, -0.15) is 13.2 Å².